The zero-order valence-corrected chi connectivity index (χ0v) is 12.7. The first-order valence-corrected chi connectivity index (χ1v) is 7.79. The summed E-state index contributed by atoms with van der Waals surface area (Å²) in [5.41, 5.74) is 0.356. The Morgan fingerprint density at radius 1 is 1.06 bits per heavy atom. The lowest BCUT2D eigenvalue weighted by molar-refractivity contribution is -0.890. The molecule has 0 aliphatic carbocycles. The van der Waals surface area contributed by atoms with E-state index in [0.29, 0.717) is 11.8 Å². The fourth-order valence-electron chi connectivity index (χ4n) is 1.82. The average molecular weight is 266 g/mol. The minimum absolute atomic E-state index is 0.131. The molecule has 17 heavy (non-hydrogen) atoms. The van der Waals surface area contributed by atoms with Crippen LogP contribution in [0.4, 0.5) is 0 Å². The third-order valence-electron chi connectivity index (χ3n) is 2.86. The van der Waals surface area contributed by atoms with E-state index >= 15 is 0 Å². The Kier molecular flexibility index (Phi) is 6.11. The fourth-order valence-corrected chi connectivity index (χ4v) is 2.32. The van der Waals surface area contributed by atoms with Crippen molar-refractivity contribution in [3.63, 3.8) is 0 Å². The summed E-state index contributed by atoms with van der Waals surface area (Å²) in [7, 11) is 0.407. The average Bonchev–Trinajstić information content (AvgIpc) is 1.96. The second-order valence-electron chi connectivity index (χ2n) is 6.69. The summed E-state index contributed by atoms with van der Waals surface area (Å²) in [5, 5.41) is 0. The van der Waals surface area contributed by atoms with Gasteiger partial charge in [-0.25, -0.2) is 0 Å². The van der Waals surface area contributed by atoms with Gasteiger partial charge in [-0.1, -0.05) is 20.8 Å². The van der Waals surface area contributed by atoms with E-state index in [2.05, 4.69) is 34.9 Å². The second kappa shape index (κ2) is 6.16. The lowest BCUT2D eigenvalue weighted by Gasteiger charge is -2.31. The zero-order chi connectivity index (χ0) is 13.7. The van der Waals surface area contributed by atoms with Gasteiger partial charge in [-0.3, -0.25) is 4.55 Å². The maximum absolute atomic E-state index is 10.6. The summed E-state index contributed by atoms with van der Waals surface area (Å²) in [4.78, 5) is 0. The third kappa shape index (κ3) is 12.1. The van der Waals surface area contributed by atoms with Gasteiger partial charge < -0.3 is 4.48 Å². The monoisotopic (exact) mass is 266 g/mol. The molecule has 0 unspecified atom stereocenters. The quantitative estimate of drug-likeness (QED) is 0.567. The van der Waals surface area contributed by atoms with Crippen molar-refractivity contribution >= 4 is 10.1 Å². The third-order valence-corrected chi connectivity index (χ3v) is 3.66. The molecule has 0 aromatic carbocycles. The molecule has 5 heteroatoms. The predicted octanol–water partition coefficient (Wildman–Crippen LogP) is 2.17. The second-order valence-corrected chi connectivity index (χ2v) is 8.26. The minimum atomic E-state index is -3.80. The van der Waals surface area contributed by atoms with Gasteiger partial charge in [0.1, 0.15) is 0 Å². The lowest BCUT2D eigenvalue weighted by atomic mass is 9.90. The lowest BCUT2D eigenvalue weighted by Crippen LogP contribution is -2.42. The van der Waals surface area contributed by atoms with Crippen molar-refractivity contribution in [2.75, 3.05) is 32.9 Å². The van der Waals surface area contributed by atoms with Gasteiger partial charge in [0, 0.05) is 6.42 Å². The van der Waals surface area contributed by atoms with Crippen LogP contribution in [-0.2, 0) is 10.1 Å². The highest BCUT2D eigenvalue weighted by Crippen LogP contribution is 2.21. The van der Waals surface area contributed by atoms with Crippen LogP contribution in [0.25, 0.3) is 0 Å². The van der Waals surface area contributed by atoms with E-state index in [1.54, 1.807) is 0 Å². The van der Waals surface area contributed by atoms with Crippen molar-refractivity contribution in [3.8, 4) is 0 Å². The topological polar surface area (TPSA) is 54.4 Å². The molecule has 0 bridgehead atoms. The Morgan fingerprint density at radius 2 is 1.53 bits per heavy atom. The number of quaternary nitrogens is 1. The molecule has 0 radical (unpaired) electrons. The Morgan fingerprint density at radius 3 is 1.94 bits per heavy atom. The number of hydrogen-bond donors (Lipinski definition) is 1. The molecular weight excluding hydrogens is 238 g/mol. The van der Waals surface area contributed by atoms with Crippen LogP contribution in [0.3, 0.4) is 0 Å². The van der Waals surface area contributed by atoms with Crippen molar-refractivity contribution in [1.29, 1.82) is 0 Å². The molecule has 1 N–H and O–H groups in total. The molecule has 0 rings (SSSR count). The smallest absolute Gasteiger partial charge is 0.265 e. The predicted molar refractivity (Wildman–Crippen MR) is 71.6 cm³/mol. The van der Waals surface area contributed by atoms with E-state index in [1.807, 2.05) is 0 Å². The zero-order valence-electron chi connectivity index (χ0n) is 11.9. The maximum atomic E-state index is 10.6. The van der Waals surface area contributed by atoms with Crippen LogP contribution in [0, 0.1) is 5.41 Å². The van der Waals surface area contributed by atoms with Gasteiger partial charge in [-0.15, -0.1) is 0 Å². The van der Waals surface area contributed by atoms with Crippen LogP contribution in [0.2, 0.25) is 0 Å². The van der Waals surface area contributed by atoms with Crippen molar-refractivity contribution in [1.82, 2.24) is 0 Å². The molecule has 0 heterocycles. The van der Waals surface area contributed by atoms with Crippen LogP contribution in [0.1, 0.15) is 40.0 Å². The number of rotatable bonds is 7. The SMILES string of the molecule is CC(C)(C)CCC[N+](C)(C)CCCS(=O)(=O)O. The first kappa shape index (κ1) is 16.9. The van der Waals surface area contributed by atoms with Gasteiger partial charge in [-0.05, 0) is 18.3 Å². The van der Waals surface area contributed by atoms with Gasteiger partial charge in [0.15, 0.2) is 0 Å². The molecule has 0 saturated heterocycles. The first-order valence-electron chi connectivity index (χ1n) is 6.19. The van der Waals surface area contributed by atoms with Crippen LogP contribution in [-0.4, -0.2) is 50.4 Å². The number of nitrogens with zero attached hydrogens (tertiary/aromatic N) is 1. The summed E-state index contributed by atoms with van der Waals surface area (Å²) >= 11 is 0. The maximum Gasteiger partial charge on any atom is 0.265 e. The standard InChI is InChI=1S/C12H27NO3S/c1-12(2,3)8-6-9-13(4,5)10-7-11-17(14,15)16/h6-11H2,1-5H3/p+1. The minimum Gasteiger partial charge on any atom is -0.328 e. The molecule has 0 aromatic rings. The Hall–Kier alpha value is -0.130. The normalized spacial score (nSPS) is 14.0. The van der Waals surface area contributed by atoms with E-state index < -0.39 is 10.1 Å². The summed E-state index contributed by atoms with van der Waals surface area (Å²) in [5.74, 6) is -0.131. The molecule has 0 fully saturated rings. The first-order chi connectivity index (χ1) is 7.41. The number of hydrogen-bond acceptors (Lipinski definition) is 2. The van der Waals surface area contributed by atoms with Crippen LogP contribution in [0.15, 0.2) is 0 Å². The van der Waals surface area contributed by atoms with Gasteiger partial charge in [0.2, 0.25) is 0 Å². The van der Waals surface area contributed by atoms with E-state index in [-0.39, 0.29) is 5.75 Å². The molecule has 4 nitrogen and oxygen atoms in total. The van der Waals surface area contributed by atoms with Crippen LogP contribution in [0.5, 0.6) is 0 Å². The van der Waals surface area contributed by atoms with Crippen molar-refractivity contribution < 1.29 is 17.5 Å². The van der Waals surface area contributed by atoms with E-state index in [9.17, 15) is 8.42 Å². The van der Waals surface area contributed by atoms with Gasteiger partial charge >= 0.3 is 0 Å². The molecule has 0 spiro atoms. The van der Waals surface area contributed by atoms with Crippen LogP contribution < -0.4 is 0 Å². The van der Waals surface area contributed by atoms with Crippen LogP contribution >= 0.6 is 0 Å². The molecule has 104 valence electrons. The Balaban J connectivity index is 3.88. The summed E-state index contributed by atoms with van der Waals surface area (Å²) in [6.07, 6.45) is 2.83. The fraction of sp³-hybridized carbons (Fsp3) is 1.00. The van der Waals surface area contributed by atoms with E-state index in [0.717, 1.165) is 24.0 Å². The summed E-state index contributed by atoms with van der Waals surface area (Å²) < 4.78 is 30.7. The highest BCUT2D eigenvalue weighted by molar-refractivity contribution is 7.85. The molecule has 0 aliphatic heterocycles. The molecule has 0 atom stereocenters. The van der Waals surface area contributed by atoms with Crippen molar-refractivity contribution in [3.05, 3.63) is 0 Å². The van der Waals surface area contributed by atoms with Crippen molar-refractivity contribution in [2.24, 2.45) is 5.41 Å². The van der Waals surface area contributed by atoms with Gasteiger partial charge in [0.05, 0.1) is 32.9 Å². The van der Waals surface area contributed by atoms with Gasteiger partial charge in [-0.2, -0.15) is 8.42 Å². The Labute approximate surface area is 106 Å². The highest BCUT2D eigenvalue weighted by Gasteiger charge is 2.18. The molecule has 0 aromatic heterocycles. The van der Waals surface area contributed by atoms with Gasteiger partial charge in [0.25, 0.3) is 10.1 Å². The van der Waals surface area contributed by atoms with E-state index in [1.165, 1.54) is 6.42 Å². The molecule has 0 aliphatic rings. The Bertz CT molecular complexity index is 315. The summed E-state index contributed by atoms with van der Waals surface area (Å²) in [6, 6.07) is 0. The molecule has 0 amide bonds. The molecule has 0 saturated carbocycles. The largest absolute Gasteiger partial charge is 0.328 e. The van der Waals surface area contributed by atoms with Crippen molar-refractivity contribution in [2.45, 2.75) is 40.0 Å². The molecular formula is C12H28NO3S+. The highest BCUT2D eigenvalue weighted by atomic mass is 32.2. The summed E-state index contributed by atoms with van der Waals surface area (Å²) in [6.45, 7) is 8.51. The van der Waals surface area contributed by atoms with E-state index in [4.69, 9.17) is 4.55 Å².